The summed E-state index contributed by atoms with van der Waals surface area (Å²) in [6.07, 6.45) is 0. The average molecular weight is 401 g/mol. The Balaban J connectivity index is 2.52. The zero-order chi connectivity index (χ0) is 10.1. The average Bonchev–Trinajstić information content (AvgIpc) is 2.51. The van der Waals surface area contributed by atoms with Gasteiger partial charge in [0.05, 0.1) is 5.02 Å². The van der Waals surface area contributed by atoms with E-state index in [0.29, 0.717) is 5.02 Å². The highest BCUT2D eigenvalue weighted by Gasteiger charge is 2.08. The molecule has 1 heterocycles. The summed E-state index contributed by atoms with van der Waals surface area (Å²) in [5.41, 5.74) is 0.926. The summed E-state index contributed by atoms with van der Waals surface area (Å²) in [4.78, 5) is 4.27. The third kappa shape index (κ3) is 2.26. The summed E-state index contributed by atoms with van der Waals surface area (Å²) in [6, 6.07) is 5.73. The van der Waals surface area contributed by atoms with Gasteiger partial charge in [0.1, 0.15) is 5.01 Å². The van der Waals surface area contributed by atoms with E-state index < -0.39 is 0 Å². The van der Waals surface area contributed by atoms with Crippen LogP contribution in [0.2, 0.25) is 5.02 Å². The maximum atomic E-state index is 6.08. The van der Waals surface area contributed by atoms with Gasteiger partial charge in [-0.1, -0.05) is 27.5 Å². The minimum atomic E-state index is 0.687. The van der Waals surface area contributed by atoms with Crippen molar-refractivity contribution in [2.45, 2.75) is 0 Å². The van der Waals surface area contributed by atoms with Gasteiger partial charge in [0.15, 0.2) is 0 Å². The smallest absolute Gasteiger partial charge is 0.203 e. The fourth-order valence-corrected chi connectivity index (χ4v) is 3.10. The van der Waals surface area contributed by atoms with E-state index in [9.17, 15) is 0 Å². The van der Waals surface area contributed by atoms with Crippen LogP contribution < -0.4 is 0 Å². The van der Waals surface area contributed by atoms with Gasteiger partial charge in [0.2, 0.25) is 3.83 Å². The van der Waals surface area contributed by atoms with Gasteiger partial charge in [-0.3, -0.25) is 0 Å². The van der Waals surface area contributed by atoms with Crippen LogP contribution in [0.3, 0.4) is 0 Å². The van der Waals surface area contributed by atoms with Crippen molar-refractivity contribution in [3.8, 4) is 10.6 Å². The molecule has 0 atom stereocenters. The Hall–Kier alpha value is 0.280. The van der Waals surface area contributed by atoms with Crippen LogP contribution in [-0.4, -0.2) is 9.36 Å². The molecule has 0 N–H and O–H groups in total. The molecule has 0 aliphatic heterocycles. The summed E-state index contributed by atoms with van der Waals surface area (Å²) < 4.78 is 5.82. The second kappa shape index (κ2) is 4.42. The molecular formula is C8H3BrClIN2S. The molecule has 0 radical (unpaired) electrons. The minimum Gasteiger partial charge on any atom is -0.210 e. The van der Waals surface area contributed by atoms with Crippen molar-refractivity contribution in [3.63, 3.8) is 0 Å². The molecule has 0 unspecified atom stereocenters. The van der Waals surface area contributed by atoms with Gasteiger partial charge in [-0.25, -0.2) is 4.98 Å². The van der Waals surface area contributed by atoms with Crippen molar-refractivity contribution >= 4 is 61.7 Å². The van der Waals surface area contributed by atoms with E-state index in [1.54, 1.807) is 0 Å². The second-order valence-electron chi connectivity index (χ2n) is 2.49. The number of benzene rings is 1. The lowest BCUT2D eigenvalue weighted by Gasteiger charge is -1.99. The maximum absolute atomic E-state index is 6.08. The first-order valence-corrected chi connectivity index (χ1v) is 6.64. The van der Waals surface area contributed by atoms with Gasteiger partial charge in [0.25, 0.3) is 0 Å². The van der Waals surface area contributed by atoms with Crippen LogP contribution in [0.1, 0.15) is 0 Å². The summed E-state index contributed by atoms with van der Waals surface area (Å²) in [7, 11) is 0. The molecule has 0 amide bonds. The molecule has 14 heavy (non-hydrogen) atoms. The van der Waals surface area contributed by atoms with E-state index >= 15 is 0 Å². The molecular weight excluding hydrogens is 398 g/mol. The Morgan fingerprint density at radius 2 is 2.21 bits per heavy atom. The highest BCUT2D eigenvalue weighted by molar-refractivity contribution is 14.1. The zero-order valence-electron chi connectivity index (χ0n) is 6.67. The summed E-state index contributed by atoms with van der Waals surface area (Å²) in [5.74, 6) is 0. The summed E-state index contributed by atoms with van der Waals surface area (Å²) in [5, 5.41) is 1.54. The number of hydrogen-bond donors (Lipinski definition) is 0. The van der Waals surface area contributed by atoms with Gasteiger partial charge < -0.3 is 0 Å². The molecule has 0 aliphatic carbocycles. The molecule has 0 saturated carbocycles. The Labute approximate surface area is 112 Å². The molecule has 2 rings (SSSR count). The topological polar surface area (TPSA) is 25.8 Å². The Bertz CT molecular complexity index is 474. The van der Waals surface area contributed by atoms with Crippen LogP contribution in [0.15, 0.2) is 22.7 Å². The van der Waals surface area contributed by atoms with Crippen molar-refractivity contribution < 1.29 is 0 Å². The zero-order valence-corrected chi connectivity index (χ0v) is 12.0. The standard InChI is InChI=1S/C8H3BrClIN2S/c9-4-1-2-5(6(10)3-4)7-12-8(11)13-14-7/h1-3H. The molecule has 6 heteroatoms. The second-order valence-corrected chi connectivity index (χ2v) is 5.53. The van der Waals surface area contributed by atoms with Crippen LogP contribution in [0, 0.1) is 3.83 Å². The lowest BCUT2D eigenvalue weighted by molar-refractivity contribution is 1.25. The van der Waals surface area contributed by atoms with E-state index in [4.69, 9.17) is 11.6 Å². The SMILES string of the molecule is Clc1cc(Br)ccc1-c1nc(I)ns1. The van der Waals surface area contributed by atoms with Crippen LogP contribution in [0.4, 0.5) is 0 Å². The lowest BCUT2D eigenvalue weighted by atomic mass is 10.2. The predicted octanol–water partition coefficient (Wildman–Crippen LogP) is 4.23. The third-order valence-corrected chi connectivity index (χ3v) is 3.93. The number of aromatic nitrogens is 2. The minimum absolute atomic E-state index is 0.687. The number of nitrogens with zero attached hydrogens (tertiary/aromatic N) is 2. The first kappa shape index (κ1) is 10.8. The van der Waals surface area contributed by atoms with E-state index in [2.05, 4.69) is 47.9 Å². The Morgan fingerprint density at radius 3 is 2.79 bits per heavy atom. The fourth-order valence-electron chi connectivity index (χ4n) is 0.978. The van der Waals surface area contributed by atoms with Crippen LogP contribution >= 0.6 is 61.7 Å². The number of halogens is 3. The predicted molar refractivity (Wildman–Crippen MR) is 70.8 cm³/mol. The van der Waals surface area contributed by atoms with E-state index in [0.717, 1.165) is 18.9 Å². The summed E-state index contributed by atoms with van der Waals surface area (Å²) >= 11 is 12.9. The Morgan fingerprint density at radius 1 is 1.43 bits per heavy atom. The molecule has 2 aromatic rings. The largest absolute Gasteiger partial charge is 0.210 e. The van der Waals surface area contributed by atoms with Gasteiger partial charge in [0, 0.05) is 32.6 Å². The van der Waals surface area contributed by atoms with Crippen LogP contribution in [0.25, 0.3) is 10.6 Å². The van der Waals surface area contributed by atoms with Gasteiger partial charge in [-0.2, -0.15) is 4.37 Å². The number of hydrogen-bond acceptors (Lipinski definition) is 3. The lowest BCUT2D eigenvalue weighted by Crippen LogP contribution is -1.79. The molecule has 0 saturated heterocycles. The molecule has 0 bridgehead atoms. The van der Waals surface area contributed by atoms with E-state index in [-0.39, 0.29) is 0 Å². The highest BCUT2D eigenvalue weighted by atomic mass is 127. The monoisotopic (exact) mass is 400 g/mol. The molecule has 2 nitrogen and oxygen atoms in total. The third-order valence-electron chi connectivity index (χ3n) is 1.56. The highest BCUT2D eigenvalue weighted by Crippen LogP contribution is 2.31. The summed E-state index contributed by atoms with van der Waals surface area (Å²) in [6.45, 7) is 0. The van der Waals surface area contributed by atoms with Gasteiger partial charge in [-0.05, 0) is 29.7 Å². The normalized spacial score (nSPS) is 10.5. The Kier molecular flexibility index (Phi) is 3.41. The van der Waals surface area contributed by atoms with Crippen molar-refractivity contribution in [3.05, 3.63) is 31.5 Å². The molecule has 0 fully saturated rings. The van der Waals surface area contributed by atoms with E-state index in [1.807, 2.05) is 18.2 Å². The fraction of sp³-hybridized carbons (Fsp3) is 0. The number of rotatable bonds is 1. The van der Waals surface area contributed by atoms with Gasteiger partial charge in [-0.15, -0.1) is 0 Å². The quantitative estimate of drug-likeness (QED) is 0.669. The molecule has 1 aromatic carbocycles. The van der Waals surface area contributed by atoms with Crippen LogP contribution in [0.5, 0.6) is 0 Å². The molecule has 0 aliphatic rings. The van der Waals surface area contributed by atoms with Crippen molar-refractivity contribution in [2.24, 2.45) is 0 Å². The molecule has 1 aromatic heterocycles. The first-order valence-electron chi connectivity index (χ1n) is 3.61. The van der Waals surface area contributed by atoms with Gasteiger partial charge >= 0.3 is 0 Å². The first-order chi connectivity index (χ1) is 6.66. The van der Waals surface area contributed by atoms with E-state index in [1.165, 1.54) is 11.5 Å². The maximum Gasteiger partial charge on any atom is 0.203 e. The van der Waals surface area contributed by atoms with Crippen molar-refractivity contribution in [2.75, 3.05) is 0 Å². The molecule has 0 spiro atoms. The van der Waals surface area contributed by atoms with Crippen LogP contribution in [-0.2, 0) is 0 Å². The van der Waals surface area contributed by atoms with Crippen molar-refractivity contribution in [1.29, 1.82) is 0 Å². The van der Waals surface area contributed by atoms with Crippen molar-refractivity contribution in [1.82, 2.24) is 9.36 Å². The molecule has 72 valence electrons.